The van der Waals surface area contributed by atoms with Crippen molar-refractivity contribution in [2.75, 3.05) is 6.61 Å². The van der Waals surface area contributed by atoms with Crippen molar-refractivity contribution < 1.29 is 23.4 Å². The number of phenols is 2. The smallest absolute Gasteiger partial charge is 0.210 e. The Morgan fingerprint density at radius 2 is 1.60 bits per heavy atom. The molecule has 20 heavy (non-hydrogen) atoms. The Morgan fingerprint density at radius 1 is 1.00 bits per heavy atom. The summed E-state index contributed by atoms with van der Waals surface area (Å²) in [6.45, 7) is 2.00. The van der Waals surface area contributed by atoms with E-state index < -0.39 is 9.84 Å². The van der Waals surface area contributed by atoms with Gasteiger partial charge in [0.1, 0.15) is 22.1 Å². The molecule has 0 saturated heterocycles. The minimum Gasteiger partial charge on any atom is -0.508 e. The van der Waals surface area contributed by atoms with Crippen LogP contribution in [0, 0.1) is 0 Å². The minimum absolute atomic E-state index is 0.0142. The minimum atomic E-state index is -3.77. The zero-order chi connectivity index (χ0) is 14.8. The SMILES string of the molecule is CCOc1cc(O)ccc1S(=O)(=O)c1ccc(O)cc1. The fourth-order valence-electron chi connectivity index (χ4n) is 1.74. The van der Waals surface area contributed by atoms with Crippen LogP contribution in [0.5, 0.6) is 17.2 Å². The highest BCUT2D eigenvalue weighted by Gasteiger charge is 2.22. The van der Waals surface area contributed by atoms with Gasteiger partial charge in [-0.05, 0) is 43.3 Å². The van der Waals surface area contributed by atoms with Crippen molar-refractivity contribution in [1.29, 1.82) is 0 Å². The Morgan fingerprint density at radius 3 is 2.20 bits per heavy atom. The molecule has 2 aromatic rings. The molecular weight excluding hydrogens is 280 g/mol. The van der Waals surface area contributed by atoms with Gasteiger partial charge >= 0.3 is 0 Å². The Bertz CT molecular complexity index is 705. The highest BCUT2D eigenvalue weighted by Crippen LogP contribution is 2.32. The Balaban J connectivity index is 2.57. The lowest BCUT2D eigenvalue weighted by molar-refractivity contribution is 0.328. The van der Waals surface area contributed by atoms with Crippen LogP contribution < -0.4 is 4.74 Å². The van der Waals surface area contributed by atoms with E-state index in [9.17, 15) is 18.6 Å². The number of rotatable bonds is 4. The Labute approximate surface area is 117 Å². The molecule has 0 amide bonds. The predicted molar refractivity (Wildman–Crippen MR) is 72.8 cm³/mol. The van der Waals surface area contributed by atoms with Crippen LogP contribution in [-0.2, 0) is 9.84 Å². The van der Waals surface area contributed by atoms with Crippen LogP contribution in [0.25, 0.3) is 0 Å². The second-order valence-electron chi connectivity index (χ2n) is 4.06. The van der Waals surface area contributed by atoms with Crippen LogP contribution in [-0.4, -0.2) is 25.2 Å². The summed E-state index contributed by atoms with van der Waals surface area (Å²) < 4.78 is 30.3. The zero-order valence-corrected chi connectivity index (χ0v) is 11.6. The number of hydrogen-bond acceptors (Lipinski definition) is 5. The van der Waals surface area contributed by atoms with E-state index in [4.69, 9.17) is 4.74 Å². The summed E-state index contributed by atoms with van der Waals surface area (Å²) in [6, 6.07) is 9.07. The van der Waals surface area contributed by atoms with Crippen molar-refractivity contribution in [3.8, 4) is 17.2 Å². The van der Waals surface area contributed by atoms with E-state index in [1.165, 1.54) is 42.5 Å². The molecule has 0 aromatic heterocycles. The molecule has 0 aliphatic heterocycles. The first kappa shape index (κ1) is 14.2. The molecule has 2 rings (SSSR count). The second kappa shape index (κ2) is 5.42. The molecule has 0 atom stereocenters. The van der Waals surface area contributed by atoms with Gasteiger partial charge in [-0.2, -0.15) is 0 Å². The summed E-state index contributed by atoms with van der Waals surface area (Å²) in [5.74, 6) is 0.0124. The molecule has 0 aliphatic rings. The lowest BCUT2D eigenvalue weighted by Crippen LogP contribution is -2.05. The van der Waals surface area contributed by atoms with Gasteiger partial charge in [0.2, 0.25) is 9.84 Å². The number of phenolic OH excluding ortho intramolecular Hbond substituents is 2. The van der Waals surface area contributed by atoms with Crippen molar-refractivity contribution in [2.24, 2.45) is 0 Å². The van der Waals surface area contributed by atoms with E-state index in [0.717, 1.165) is 0 Å². The summed E-state index contributed by atoms with van der Waals surface area (Å²) in [6.07, 6.45) is 0. The number of ether oxygens (including phenoxy) is 1. The lowest BCUT2D eigenvalue weighted by atomic mass is 10.3. The maximum atomic E-state index is 12.5. The van der Waals surface area contributed by atoms with Gasteiger partial charge in [-0.25, -0.2) is 8.42 Å². The third-order valence-electron chi connectivity index (χ3n) is 2.66. The molecule has 0 radical (unpaired) electrons. The summed E-state index contributed by atoms with van der Waals surface area (Å²) in [5, 5.41) is 18.6. The van der Waals surface area contributed by atoms with Gasteiger partial charge in [-0.3, -0.25) is 0 Å². The van der Waals surface area contributed by atoms with Crippen LogP contribution in [0.4, 0.5) is 0 Å². The predicted octanol–water partition coefficient (Wildman–Crippen LogP) is 2.33. The molecular formula is C14H14O5S. The third kappa shape index (κ3) is 2.70. The molecule has 0 fully saturated rings. The highest BCUT2D eigenvalue weighted by molar-refractivity contribution is 7.91. The highest BCUT2D eigenvalue weighted by atomic mass is 32.2. The maximum Gasteiger partial charge on any atom is 0.210 e. The summed E-state index contributed by atoms with van der Waals surface area (Å²) in [7, 11) is -3.77. The van der Waals surface area contributed by atoms with E-state index in [0.29, 0.717) is 0 Å². The second-order valence-corrected chi connectivity index (χ2v) is 5.98. The van der Waals surface area contributed by atoms with Crippen molar-refractivity contribution in [2.45, 2.75) is 16.7 Å². The maximum absolute atomic E-state index is 12.5. The average molecular weight is 294 g/mol. The van der Waals surface area contributed by atoms with E-state index in [1.807, 2.05) is 0 Å². The van der Waals surface area contributed by atoms with Gasteiger partial charge in [-0.1, -0.05) is 0 Å². The molecule has 2 N–H and O–H groups in total. The molecule has 0 unspecified atom stereocenters. The van der Waals surface area contributed by atoms with Gasteiger partial charge in [0.15, 0.2) is 0 Å². The summed E-state index contributed by atoms with van der Waals surface area (Å²) in [5.41, 5.74) is 0. The molecule has 0 spiro atoms. The average Bonchev–Trinajstić information content (AvgIpc) is 2.39. The largest absolute Gasteiger partial charge is 0.508 e. The first-order chi connectivity index (χ1) is 9.45. The normalized spacial score (nSPS) is 11.2. The number of benzene rings is 2. The Hall–Kier alpha value is -2.21. The first-order valence-corrected chi connectivity index (χ1v) is 7.43. The molecule has 2 aromatic carbocycles. The van der Waals surface area contributed by atoms with Gasteiger partial charge in [0.25, 0.3) is 0 Å². The van der Waals surface area contributed by atoms with Crippen LogP contribution in [0.3, 0.4) is 0 Å². The molecule has 5 nitrogen and oxygen atoms in total. The van der Waals surface area contributed by atoms with Gasteiger partial charge < -0.3 is 14.9 Å². The van der Waals surface area contributed by atoms with Crippen molar-refractivity contribution in [3.05, 3.63) is 42.5 Å². The molecule has 0 bridgehead atoms. The lowest BCUT2D eigenvalue weighted by Gasteiger charge is -2.11. The quantitative estimate of drug-likeness (QED) is 0.904. The van der Waals surface area contributed by atoms with Crippen LogP contribution in [0.2, 0.25) is 0 Å². The Kier molecular flexibility index (Phi) is 3.85. The molecule has 106 valence electrons. The molecule has 0 saturated carbocycles. The topological polar surface area (TPSA) is 83.8 Å². The van der Waals surface area contributed by atoms with Crippen molar-refractivity contribution in [1.82, 2.24) is 0 Å². The molecule has 0 aliphatic carbocycles. The number of sulfone groups is 1. The molecule has 0 heterocycles. The first-order valence-electron chi connectivity index (χ1n) is 5.95. The molecule has 6 heteroatoms. The van der Waals surface area contributed by atoms with Gasteiger partial charge in [0.05, 0.1) is 11.5 Å². The van der Waals surface area contributed by atoms with Gasteiger partial charge in [0, 0.05) is 6.07 Å². The van der Waals surface area contributed by atoms with Crippen molar-refractivity contribution in [3.63, 3.8) is 0 Å². The van der Waals surface area contributed by atoms with E-state index in [2.05, 4.69) is 0 Å². The van der Waals surface area contributed by atoms with Crippen molar-refractivity contribution >= 4 is 9.84 Å². The van der Waals surface area contributed by atoms with E-state index in [-0.39, 0.29) is 33.6 Å². The van der Waals surface area contributed by atoms with Crippen LogP contribution in [0.1, 0.15) is 6.92 Å². The fraction of sp³-hybridized carbons (Fsp3) is 0.143. The number of hydrogen-bond donors (Lipinski definition) is 2. The third-order valence-corrected chi connectivity index (χ3v) is 4.47. The fourth-order valence-corrected chi connectivity index (χ4v) is 3.12. The number of aromatic hydroxyl groups is 2. The van der Waals surface area contributed by atoms with E-state index in [1.54, 1.807) is 6.92 Å². The standard InChI is InChI=1S/C14H14O5S/c1-2-19-13-9-11(16)5-8-14(13)20(17,18)12-6-3-10(15)4-7-12/h3-9,15-16H,2H2,1H3. The van der Waals surface area contributed by atoms with Crippen LogP contribution in [0.15, 0.2) is 52.3 Å². The summed E-state index contributed by atoms with van der Waals surface area (Å²) >= 11 is 0. The van der Waals surface area contributed by atoms with Gasteiger partial charge in [-0.15, -0.1) is 0 Å². The zero-order valence-electron chi connectivity index (χ0n) is 10.8. The van der Waals surface area contributed by atoms with Crippen LogP contribution >= 0.6 is 0 Å². The monoisotopic (exact) mass is 294 g/mol. The summed E-state index contributed by atoms with van der Waals surface area (Å²) in [4.78, 5) is 0.0183. The van der Waals surface area contributed by atoms with E-state index >= 15 is 0 Å².